The maximum Gasteiger partial charge on any atom is 0.255 e. The molecule has 1 atom stereocenters. The van der Waals surface area contributed by atoms with E-state index in [0.29, 0.717) is 5.92 Å². The monoisotopic (exact) mass is 395 g/mol. The van der Waals surface area contributed by atoms with Gasteiger partial charge in [-0.2, -0.15) is 0 Å². The highest BCUT2D eigenvalue weighted by Crippen LogP contribution is 2.30. The summed E-state index contributed by atoms with van der Waals surface area (Å²) in [4.78, 5) is 19.8. The molecular weight excluding hydrogens is 370 g/mol. The Morgan fingerprint density at radius 2 is 2.04 bits per heavy atom. The molecule has 0 bridgehead atoms. The van der Waals surface area contributed by atoms with Crippen molar-refractivity contribution in [2.75, 3.05) is 20.2 Å². The Morgan fingerprint density at radius 1 is 1.25 bits per heavy atom. The van der Waals surface area contributed by atoms with Gasteiger partial charge in [-0.05, 0) is 57.0 Å². The van der Waals surface area contributed by atoms with Crippen LogP contribution < -0.4 is 4.74 Å². The predicted octanol–water partition coefficient (Wildman–Crippen LogP) is 4.58. The summed E-state index contributed by atoms with van der Waals surface area (Å²) in [5.74, 6) is 1.29. The predicted molar refractivity (Wildman–Crippen MR) is 112 cm³/mol. The fourth-order valence-electron chi connectivity index (χ4n) is 4.08. The van der Waals surface area contributed by atoms with Crippen LogP contribution in [0.1, 0.15) is 45.5 Å². The highest BCUT2D eigenvalue weighted by atomic mass is 32.1. The summed E-state index contributed by atoms with van der Waals surface area (Å²) in [5.41, 5.74) is 3.85. The smallest absolute Gasteiger partial charge is 0.255 e. The van der Waals surface area contributed by atoms with E-state index >= 15 is 0 Å². The lowest BCUT2D eigenvalue weighted by atomic mass is 9.98. The fraction of sp³-hybridized carbons (Fsp3) is 0.364. The summed E-state index contributed by atoms with van der Waals surface area (Å²) in [6.45, 7) is 5.63. The molecule has 1 aliphatic heterocycles. The number of piperidine rings is 1. The van der Waals surface area contributed by atoms with Gasteiger partial charge < -0.3 is 14.2 Å². The second-order valence-electron chi connectivity index (χ2n) is 7.28. The second-order valence-corrected chi connectivity index (χ2v) is 8.21. The van der Waals surface area contributed by atoms with Crippen LogP contribution in [-0.4, -0.2) is 40.6 Å². The number of ether oxygens (including phenoxy) is 1. The number of carbonyl (C=O) groups excluding carboxylic acids is 1. The maximum absolute atomic E-state index is 13.3. The van der Waals surface area contributed by atoms with Crippen molar-refractivity contribution < 1.29 is 9.53 Å². The molecule has 0 N–H and O–H groups in total. The first kappa shape index (κ1) is 18.7. The van der Waals surface area contributed by atoms with Gasteiger partial charge in [0.15, 0.2) is 0 Å². The minimum Gasteiger partial charge on any atom is -0.497 e. The van der Waals surface area contributed by atoms with Gasteiger partial charge in [-0.15, -0.1) is 11.3 Å². The molecule has 2 aromatic heterocycles. The molecule has 0 spiro atoms. The van der Waals surface area contributed by atoms with Crippen molar-refractivity contribution in [1.82, 2.24) is 14.5 Å². The van der Waals surface area contributed by atoms with Gasteiger partial charge >= 0.3 is 0 Å². The first-order valence-electron chi connectivity index (χ1n) is 9.60. The Labute approximate surface area is 169 Å². The van der Waals surface area contributed by atoms with Crippen molar-refractivity contribution in [3.63, 3.8) is 0 Å². The molecule has 1 unspecified atom stereocenters. The van der Waals surface area contributed by atoms with Gasteiger partial charge in [0.05, 0.1) is 17.7 Å². The van der Waals surface area contributed by atoms with Gasteiger partial charge in [-0.25, -0.2) is 4.98 Å². The zero-order valence-electron chi connectivity index (χ0n) is 16.5. The molecule has 1 saturated heterocycles. The first-order chi connectivity index (χ1) is 13.6. The lowest BCUT2D eigenvalue weighted by Gasteiger charge is -2.32. The summed E-state index contributed by atoms with van der Waals surface area (Å²) >= 11 is 1.69. The van der Waals surface area contributed by atoms with E-state index in [1.54, 1.807) is 18.4 Å². The third kappa shape index (κ3) is 3.44. The van der Waals surface area contributed by atoms with E-state index in [1.165, 1.54) is 0 Å². The van der Waals surface area contributed by atoms with Crippen LogP contribution in [0, 0.1) is 13.8 Å². The topological polar surface area (TPSA) is 47.4 Å². The quantitative estimate of drug-likeness (QED) is 0.650. The third-order valence-electron chi connectivity index (χ3n) is 5.50. The van der Waals surface area contributed by atoms with Crippen LogP contribution in [0.5, 0.6) is 5.75 Å². The van der Waals surface area contributed by atoms with Gasteiger partial charge in [-0.1, -0.05) is 0 Å². The number of rotatable bonds is 4. The number of thiazole rings is 1. The number of carbonyl (C=O) groups is 1. The van der Waals surface area contributed by atoms with E-state index < -0.39 is 0 Å². The molecule has 1 fully saturated rings. The molecule has 28 heavy (non-hydrogen) atoms. The number of methoxy groups -OCH3 is 1. The van der Waals surface area contributed by atoms with Gasteiger partial charge in [0.1, 0.15) is 5.75 Å². The lowest BCUT2D eigenvalue weighted by Crippen LogP contribution is -2.39. The lowest BCUT2D eigenvalue weighted by molar-refractivity contribution is 0.0706. The van der Waals surface area contributed by atoms with Crippen LogP contribution in [-0.2, 0) is 0 Å². The van der Waals surface area contributed by atoms with Crippen molar-refractivity contribution in [2.24, 2.45) is 0 Å². The van der Waals surface area contributed by atoms with Crippen molar-refractivity contribution in [2.45, 2.75) is 32.6 Å². The van der Waals surface area contributed by atoms with Crippen LogP contribution in [0.15, 0.2) is 41.9 Å². The van der Waals surface area contributed by atoms with Gasteiger partial charge in [0.2, 0.25) is 0 Å². The number of benzene rings is 1. The van der Waals surface area contributed by atoms with E-state index in [-0.39, 0.29) is 5.91 Å². The summed E-state index contributed by atoms with van der Waals surface area (Å²) < 4.78 is 7.39. The molecular formula is C22H25N3O2S. The van der Waals surface area contributed by atoms with Crippen molar-refractivity contribution in [3.8, 4) is 11.4 Å². The Balaban J connectivity index is 1.59. The molecule has 1 aromatic carbocycles. The number of amides is 1. The highest BCUT2D eigenvalue weighted by molar-refractivity contribution is 7.09. The number of hydrogen-bond acceptors (Lipinski definition) is 4. The van der Waals surface area contributed by atoms with Gasteiger partial charge in [-0.3, -0.25) is 4.79 Å². The minimum atomic E-state index is 0.120. The van der Waals surface area contributed by atoms with Crippen molar-refractivity contribution in [3.05, 3.63) is 63.9 Å². The summed E-state index contributed by atoms with van der Waals surface area (Å²) in [7, 11) is 1.66. The third-order valence-corrected chi connectivity index (χ3v) is 6.44. The number of aromatic nitrogens is 2. The fourth-order valence-corrected chi connectivity index (χ4v) is 4.85. The molecule has 0 radical (unpaired) electrons. The molecule has 1 amide bonds. The Bertz CT molecular complexity index is 961. The van der Waals surface area contributed by atoms with Gasteiger partial charge in [0.25, 0.3) is 5.91 Å². The number of nitrogens with zero attached hydrogens (tertiary/aromatic N) is 3. The average molecular weight is 396 g/mol. The van der Waals surface area contributed by atoms with Crippen LogP contribution in [0.3, 0.4) is 0 Å². The molecule has 1 aliphatic rings. The van der Waals surface area contributed by atoms with E-state index in [1.807, 2.05) is 60.7 Å². The minimum absolute atomic E-state index is 0.120. The van der Waals surface area contributed by atoms with E-state index in [0.717, 1.165) is 59.3 Å². The van der Waals surface area contributed by atoms with E-state index in [2.05, 4.69) is 9.55 Å². The maximum atomic E-state index is 13.3. The molecule has 3 aromatic rings. The van der Waals surface area contributed by atoms with E-state index in [4.69, 9.17) is 4.74 Å². The van der Waals surface area contributed by atoms with Gasteiger partial charge in [0, 0.05) is 47.7 Å². The number of hydrogen-bond donors (Lipinski definition) is 0. The SMILES string of the molecule is COc1ccc(-n2c(C)cc(C(=O)N3CCCC(c4nccs4)C3)c2C)cc1. The largest absolute Gasteiger partial charge is 0.497 e. The highest BCUT2D eigenvalue weighted by Gasteiger charge is 2.28. The summed E-state index contributed by atoms with van der Waals surface area (Å²) in [6, 6.07) is 9.94. The Morgan fingerprint density at radius 3 is 2.71 bits per heavy atom. The first-order valence-corrected chi connectivity index (χ1v) is 10.5. The summed E-state index contributed by atoms with van der Waals surface area (Å²) in [5, 5.41) is 3.15. The molecule has 0 aliphatic carbocycles. The number of aryl methyl sites for hydroxylation is 1. The standard InChI is InChI=1S/C22H25N3O2S/c1-15-13-20(16(2)25(15)18-6-8-19(27-3)9-7-18)22(26)24-11-4-5-17(14-24)21-23-10-12-28-21/h6-10,12-13,17H,4-5,11,14H2,1-3H3. The molecule has 4 rings (SSSR count). The normalized spacial score (nSPS) is 17.0. The summed E-state index contributed by atoms with van der Waals surface area (Å²) in [6.07, 6.45) is 3.97. The van der Waals surface area contributed by atoms with Crippen molar-refractivity contribution in [1.29, 1.82) is 0 Å². The van der Waals surface area contributed by atoms with E-state index in [9.17, 15) is 4.79 Å². The van der Waals surface area contributed by atoms with Crippen LogP contribution >= 0.6 is 11.3 Å². The van der Waals surface area contributed by atoms with Crippen LogP contribution in [0.4, 0.5) is 0 Å². The Kier molecular flexibility index (Phi) is 5.22. The Hall–Kier alpha value is -2.60. The molecule has 3 heterocycles. The molecule has 6 heteroatoms. The zero-order chi connectivity index (χ0) is 19.7. The molecule has 5 nitrogen and oxygen atoms in total. The second kappa shape index (κ2) is 7.80. The molecule has 0 saturated carbocycles. The van der Waals surface area contributed by atoms with Crippen LogP contribution in [0.2, 0.25) is 0 Å². The number of likely N-dealkylation sites (tertiary alicyclic amines) is 1. The average Bonchev–Trinajstić information content (AvgIpc) is 3.36. The van der Waals surface area contributed by atoms with Crippen molar-refractivity contribution >= 4 is 17.2 Å². The molecule has 146 valence electrons. The van der Waals surface area contributed by atoms with Crippen LogP contribution in [0.25, 0.3) is 5.69 Å². The zero-order valence-corrected chi connectivity index (χ0v) is 17.3.